The van der Waals surface area contributed by atoms with E-state index >= 15 is 0 Å². The zero-order valence-electron chi connectivity index (χ0n) is 9.78. The minimum atomic E-state index is -0.887. The number of carbonyl (C=O) groups excluding carboxylic acids is 1. The summed E-state index contributed by atoms with van der Waals surface area (Å²) >= 11 is 0. The number of nitrogens with one attached hydrogen (secondary N) is 1. The first-order valence-corrected chi connectivity index (χ1v) is 5.71. The third-order valence-corrected chi connectivity index (χ3v) is 3.09. The first kappa shape index (κ1) is 11.6. The van der Waals surface area contributed by atoms with Gasteiger partial charge in [-0.3, -0.25) is 4.79 Å². The average Bonchev–Trinajstić information content (AvgIpc) is 2.84. The van der Waals surface area contributed by atoms with E-state index in [1.165, 1.54) is 6.07 Å². The maximum atomic E-state index is 13.2. The third kappa shape index (κ3) is 1.91. The summed E-state index contributed by atoms with van der Waals surface area (Å²) < 4.78 is 26.1. The van der Waals surface area contributed by atoms with E-state index in [0.717, 1.165) is 34.9 Å². The van der Waals surface area contributed by atoms with Crippen LogP contribution in [0.3, 0.4) is 0 Å². The number of hydrogen-bond acceptors (Lipinski definition) is 1. The van der Waals surface area contributed by atoms with Crippen molar-refractivity contribution in [2.45, 2.75) is 0 Å². The Morgan fingerprint density at radius 1 is 0.947 bits per heavy atom. The molecule has 0 atom stereocenters. The summed E-state index contributed by atoms with van der Waals surface area (Å²) in [6, 6.07) is 9.12. The van der Waals surface area contributed by atoms with Gasteiger partial charge in [0, 0.05) is 22.7 Å². The number of H-pyrrole nitrogens is 1. The van der Waals surface area contributed by atoms with Crippen LogP contribution < -0.4 is 0 Å². The molecule has 0 radical (unpaired) electrons. The van der Waals surface area contributed by atoms with Gasteiger partial charge in [0.15, 0.2) is 17.9 Å². The van der Waals surface area contributed by atoms with E-state index in [2.05, 4.69) is 4.98 Å². The molecular weight excluding hydrogens is 248 g/mol. The Bertz CT molecular complexity index is 777. The Balaban J connectivity index is 2.18. The number of fused-ring (bicyclic) bond motifs is 1. The van der Waals surface area contributed by atoms with Crippen molar-refractivity contribution in [3.8, 4) is 11.1 Å². The average molecular weight is 257 g/mol. The molecule has 3 rings (SSSR count). The van der Waals surface area contributed by atoms with Gasteiger partial charge in [0.05, 0.1) is 0 Å². The Labute approximate surface area is 107 Å². The molecule has 94 valence electrons. The van der Waals surface area contributed by atoms with Crippen molar-refractivity contribution in [1.29, 1.82) is 0 Å². The molecule has 0 unspecified atom stereocenters. The van der Waals surface area contributed by atoms with Gasteiger partial charge in [-0.05, 0) is 35.4 Å². The van der Waals surface area contributed by atoms with Crippen LogP contribution in [0.2, 0.25) is 0 Å². The lowest BCUT2D eigenvalue weighted by atomic mass is 10.0. The van der Waals surface area contributed by atoms with E-state index in [4.69, 9.17) is 0 Å². The molecule has 0 aliphatic heterocycles. The SMILES string of the molecule is O=Cc1c[nH]c2ccc(-c3ccc(F)c(F)c3)cc12. The highest BCUT2D eigenvalue weighted by Crippen LogP contribution is 2.26. The molecule has 19 heavy (non-hydrogen) atoms. The third-order valence-electron chi connectivity index (χ3n) is 3.09. The fourth-order valence-electron chi connectivity index (χ4n) is 2.09. The van der Waals surface area contributed by atoms with Crippen molar-refractivity contribution >= 4 is 17.2 Å². The first-order chi connectivity index (χ1) is 9.19. The normalized spacial score (nSPS) is 10.8. The summed E-state index contributed by atoms with van der Waals surface area (Å²) in [5.74, 6) is -1.76. The largest absolute Gasteiger partial charge is 0.360 e. The van der Waals surface area contributed by atoms with Gasteiger partial charge in [0.1, 0.15) is 0 Å². The van der Waals surface area contributed by atoms with Crippen LogP contribution >= 0.6 is 0 Å². The smallest absolute Gasteiger partial charge is 0.159 e. The van der Waals surface area contributed by atoms with Gasteiger partial charge in [0.25, 0.3) is 0 Å². The van der Waals surface area contributed by atoms with Crippen LogP contribution in [-0.4, -0.2) is 11.3 Å². The summed E-state index contributed by atoms with van der Waals surface area (Å²) in [5.41, 5.74) is 2.67. The van der Waals surface area contributed by atoms with Crippen molar-refractivity contribution in [3.63, 3.8) is 0 Å². The van der Waals surface area contributed by atoms with E-state index < -0.39 is 11.6 Å². The molecule has 0 spiro atoms. The number of aromatic amines is 1. The maximum Gasteiger partial charge on any atom is 0.159 e. The Hall–Kier alpha value is -2.49. The zero-order valence-corrected chi connectivity index (χ0v) is 9.78. The quantitative estimate of drug-likeness (QED) is 0.693. The van der Waals surface area contributed by atoms with Crippen molar-refractivity contribution in [2.75, 3.05) is 0 Å². The molecule has 2 nitrogen and oxygen atoms in total. The van der Waals surface area contributed by atoms with Crippen molar-refractivity contribution in [2.24, 2.45) is 0 Å². The van der Waals surface area contributed by atoms with Gasteiger partial charge in [-0.1, -0.05) is 12.1 Å². The molecule has 0 amide bonds. The van der Waals surface area contributed by atoms with E-state index in [-0.39, 0.29) is 0 Å². The van der Waals surface area contributed by atoms with Gasteiger partial charge in [-0.15, -0.1) is 0 Å². The highest BCUT2D eigenvalue weighted by Gasteiger charge is 2.07. The van der Waals surface area contributed by atoms with Crippen LogP contribution in [0.4, 0.5) is 8.78 Å². The highest BCUT2D eigenvalue weighted by atomic mass is 19.2. The molecule has 0 fully saturated rings. The van der Waals surface area contributed by atoms with Crippen LogP contribution in [0.1, 0.15) is 10.4 Å². The second-order valence-corrected chi connectivity index (χ2v) is 4.25. The van der Waals surface area contributed by atoms with Crippen LogP contribution in [0.15, 0.2) is 42.6 Å². The molecule has 1 heterocycles. The fraction of sp³-hybridized carbons (Fsp3) is 0. The molecule has 2 aromatic carbocycles. The maximum absolute atomic E-state index is 13.2. The molecular formula is C15H9F2NO. The van der Waals surface area contributed by atoms with Gasteiger partial charge < -0.3 is 4.98 Å². The molecule has 0 saturated carbocycles. The summed E-state index contributed by atoms with van der Waals surface area (Å²) in [4.78, 5) is 13.9. The topological polar surface area (TPSA) is 32.9 Å². The fourth-order valence-corrected chi connectivity index (χ4v) is 2.09. The van der Waals surface area contributed by atoms with Crippen LogP contribution in [0.5, 0.6) is 0 Å². The van der Waals surface area contributed by atoms with Gasteiger partial charge in [-0.25, -0.2) is 8.78 Å². The van der Waals surface area contributed by atoms with Crippen LogP contribution in [0, 0.1) is 11.6 Å². The second kappa shape index (κ2) is 4.31. The highest BCUT2D eigenvalue weighted by molar-refractivity contribution is 5.99. The summed E-state index contributed by atoms with van der Waals surface area (Å²) in [7, 11) is 0. The van der Waals surface area contributed by atoms with E-state index in [9.17, 15) is 13.6 Å². The van der Waals surface area contributed by atoms with Crippen LogP contribution in [0.25, 0.3) is 22.0 Å². The monoisotopic (exact) mass is 257 g/mol. The molecule has 0 bridgehead atoms. The summed E-state index contributed by atoms with van der Waals surface area (Å²) in [5, 5.41) is 0.761. The molecule has 3 aromatic rings. The minimum Gasteiger partial charge on any atom is -0.360 e. The first-order valence-electron chi connectivity index (χ1n) is 5.71. The number of benzene rings is 2. The van der Waals surface area contributed by atoms with Crippen molar-refractivity contribution in [3.05, 3.63) is 59.8 Å². The second-order valence-electron chi connectivity index (χ2n) is 4.25. The van der Waals surface area contributed by atoms with Gasteiger partial charge >= 0.3 is 0 Å². The Kier molecular flexibility index (Phi) is 2.63. The standard InChI is InChI=1S/C15H9F2NO/c16-13-3-1-10(6-14(13)17)9-2-4-15-12(5-9)11(8-19)7-18-15/h1-8,18H. The number of hydrogen-bond donors (Lipinski definition) is 1. The zero-order chi connectivity index (χ0) is 13.4. The number of carbonyl (C=O) groups is 1. The molecule has 1 N–H and O–H groups in total. The van der Waals surface area contributed by atoms with Crippen molar-refractivity contribution < 1.29 is 13.6 Å². The number of aromatic nitrogens is 1. The molecule has 0 saturated heterocycles. The number of halogens is 2. The molecule has 0 aliphatic carbocycles. The molecule has 0 aliphatic rings. The lowest BCUT2D eigenvalue weighted by molar-refractivity contribution is 0.112. The van der Waals surface area contributed by atoms with Crippen LogP contribution in [-0.2, 0) is 0 Å². The Morgan fingerprint density at radius 3 is 2.42 bits per heavy atom. The van der Waals surface area contributed by atoms with E-state index in [1.807, 2.05) is 0 Å². The predicted molar refractivity (Wildman–Crippen MR) is 69.0 cm³/mol. The summed E-state index contributed by atoms with van der Waals surface area (Å²) in [6.45, 7) is 0. The Morgan fingerprint density at radius 2 is 1.68 bits per heavy atom. The lowest BCUT2D eigenvalue weighted by Gasteiger charge is -2.03. The molecule has 1 aromatic heterocycles. The van der Waals surface area contributed by atoms with E-state index in [1.54, 1.807) is 24.4 Å². The van der Waals surface area contributed by atoms with Gasteiger partial charge in [0.2, 0.25) is 0 Å². The van der Waals surface area contributed by atoms with E-state index in [0.29, 0.717) is 11.1 Å². The van der Waals surface area contributed by atoms with Crippen molar-refractivity contribution in [1.82, 2.24) is 4.98 Å². The number of aldehydes is 1. The minimum absolute atomic E-state index is 0.541. The lowest BCUT2D eigenvalue weighted by Crippen LogP contribution is -1.85. The van der Waals surface area contributed by atoms with Gasteiger partial charge in [-0.2, -0.15) is 0 Å². The summed E-state index contributed by atoms with van der Waals surface area (Å²) in [6.07, 6.45) is 2.38. The molecule has 4 heteroatoms. The number of rotatable bonds is 2. The predicted octanol–water partition coefficient (Wildman–Crippen LogP) is 3.93.